The van der Waals surface area contributed by atoms with E-state index < -0.39 is 0 Å². The SMILES string of the molecule is CCCCCNCCCCC(N)=NO. The van der Waals surface area contributed by atoms with Crippen LogP contribution in [0.5, 0.6) is 0 Å². The van der Waals surface area contributed by atoms with Crippen LogP contribution in [-0.4, -0.2) is 24.1 Å². The highest BCUT2D eigenvalue weighted by Gasteiger charge is 1.93. The number of nitrogens with zero attached hydrogens (tertiary/aromatic N) is 1. The standard InChI is InChI=1S/C10H23N3O/c1-2-3-5-8-12-9-6-4-7-10(11)13-14/h12,14H,2-9H2,1H3,(H2,11,13). The van der Waals surface area contributed by atoms with E-state index in [-0.39, 0.29) is 0 Å². The molecule has 0 bridgehead atoms. The molecule has 0 rings (SSSR count). The van der Waals surface area contributed by atoms with Gasteiger partial charge in [0.2, 0.25) is 0 Å². The molecule has 0 aromatic carbocycles. The molecule has 84 valence electrons. The van der Waals surface area contributed by atoms with Crippen molar-refractivity contribution in [2.45, 2.75) is 45.4 Å². The Bertz CT molecular complexity index is 148. The molecule has 0 saturated heterocycles. The molecule has 0 spiro atoms. The topological polar surface area (TPSA) is 70.6 Å². The third-order valence-corrected chi connectivity index (χ3v) is 2.12. The number of hydrogen-bond acceptors (Lipinski definition) is 3. The van der Waals surface area contributed by atoms with Gasteiger partial charge in [0.25, 0.3) is 0 Å². The number of hydrogen-bond donors (Lipinski definition) is 3. The first-order valence-electron chi connectivity index (χ1n) is 5.48. The van der Waals surface area contributed by atoms with Gasteiger partial charge in [-0.2, -0.15) is 0 Å². The Morgan fingerprint density at radius 3 is 2.43 bits per heavy atom. The van der Waals surface area contributed by atoms with Gasteiger partial charge in [0.15, 0.2) is 0 Å². The van der Waals surface area contributed by atoms with Crippen LogP contribution in [0.2, 0.25) is 0 Å². The van der Waals surface area contributed by atoms with Gasteiger partial charge in [-0.1, -0.05) is 24.9 Å². The van der Waals surface area contributed by atoms with E-state index in [1.807, 2.05) is 0 Å². The smallest absolute Gasteiger partial charge is 0.139 e. The molecule has 0 radical (unpaired) electrons. The summed E-state index contributed by atoms with van der Waals surface area (Å²) in [5, 5.41) is 14.6. The van der Waals surface area contributed by atoms with Crippen molar-refractivity contribution in [2.24, 2.45) is 10.9 Å². The van der Waals surface area contributed by atoms with Crippen molar-refractivity contribution in [3.63, 3.8) is 0 Å². The van der Waals surface area contributed by atoms with E-state index in [0.29, 0.717) is 12.3 Å². The van der Waals surface area contributed by atoms with E-state index >= 15 is 0 Å². The highest BCUT2D eigenvalue weighted by atomic mass is 16.4. The molecule has 0 unspecified atom stereocenters. The van der Waals surface area contributed by atoms with Crippen molar-refractivity contribution in [1.82, 2.24) is 5.32 Å². The summed E-state index contributed by atoms with van der Waals surface area (Å²) in [6.07, 6.45) is 6.59. The zero-order valence-electron chi connectivity index (χ0n) is 9.13. The predicted molar refractivity (Wildman–Crippen MR) is 59.7 cm³/mol. The van der Waals surface area contributed by atoms with Crippen molar-refractivity contribution in [3.8, 4) is 0 Å². The van der Waals surface area contributed by atoms with E-state index in [1.54, 1.807) is 0 Å². The summed E-state index contributed by atoms with van der Waals surface area (Å²) in [5.41, 5.74) is 5.33. The molecule has 0 saturated carbocycles. The van der Waals surface area contributed by atoms with Gasteiger partial charge in [-0.3, -0.25) is 0 Å². The Morgan fingerprint density at radius 2 is 1.86 bits per heavy atom. The Hall–Kier alpha value is -0.770. The fourth-order valence-electron chi connectivity index (χ4n) is 1.23. The summed E-state index contributed by atoms with van der Waals surface area (Å²) in [4.78, 5) is 0. The van der Waals surface area contributed by atoms with Gasteiger partial charge in [-0.05, 0) is 32.4 Å². The Balaban J connectivity index is 2.99. The summed E-state index contributed by atoms with van der Waals surface area (Å²) in [6, 6.07) is 0. The van der Waals surface area contributed by atoms with E-state index in [2.05, 4.69) is 17.4 Å². The van der Waals surface area contributed by atoms with Crippen molar-refractivity contribution in [3.05, 3.63) is 0 Å². The van der Waals surface area contributed by atoms with Gasteiger partial charge in [0.05, 0.1) is 0 Å². The lowest BCUT2D eigenvalue weighted by Gasteiger charge is -2.03. The van der Waals surface area contributed by atoms with Crippen LogP contribution in [0.1, 0.15) is 45.4 Å². The lowest BCUT2D eigenvalue weighted by atomic mass is 10.2. The molecule has 0 aliphatic rings. The van der Waals surface area contributed by atoms with Gasteiger partial charge in [-0.25, -0.2) is 0 Å². The second kappa shape index (κ2) is 10.3. The largest absolute Gasteiger partial charge is 0.409 e. The molecule has 0 aliphatic carbocycles. The first-order chi connectivity index (χ1) is 6.81. The Morgan fingerprint density at radius 1 is 1.21 bits per heavy atom. The minimum atomic E-state index is 0.330. The summed E-state index contributed by atoms with van der Waals surface area (Å²) in [6.45, 7) is 4.34. The normalized spacial score (nSPS) is 11.9. The van der Waals surface area contributed by atoms with Gasteiger partial charge >= 0.3 is 0 Å². The van der Waals surface area contributed by atoms with Crippen LogP contribution in [0.3, 0.4) is 0 Å². The third kappa shape index (κ3) is 9.32. The van der Waals surface area contributed by atoms with Crippen LogP contribution >= 0.6 is 0 Å². The zero-order valence-corrected chi connectivity index (χ0v) is 9.13. The summed E-state index contributed by atoms with van der Waals surface area (Å²) >= 11 is 0. The molecular weight excluding hydrogens is 178 g/mol. The lowest BCUT2D eigenvalue weighted by molar-refractivity contribution is 0.316. The molecule has 14 heavy (non-hydrogen) atoms. The summed E-state index contributed by atoms with van der Waals surface area (Å²) in [5.74, 6) is 0.330. The average Bonchev–Trinajstić information content (AvgIpc) is 2.21. The highest BCUT2D eigenvalue weighted by molar-refractivity contribution is 5.79. The maximum atomic E-state index is 8.28. The van der Waals surface area contributed by atoms with E-state index in [9.17, 15) is 0 Å². The summed E-state index contributed by atoms with van der Waals surface area (Å²) in [7, 11) is 0. The van der Waals surface area contributed by atoms with Gasteiger partial charge in [-0.15, -0.1) is 0 Å². The number of oxime groups is 1. The number of nitrogens with two attached hydrogens (primary N) is 1. The van der Waals surface area contributed by atoms with Crippen LogP contribution in [0.25, 0.3) is 0 Å². The van der Waals surface area contributed by atoms with Crippen molar-refractivity contribution >= 4 is 5.84 Å². The van der Waals surface area contributed by atoms with Crippen molar-refractivity contribution in [2.75, 3.05) is 13.1 Å². The molecule has 4 nitrogen and oxygen atoms in total. The van der Waals surface area contributed by atoms with Crippen LogP contribution in [-0.2, 0) is 0 Å². The number of amidine groups is 1. The number of nitrogens with one attached hydrogen (secondary N) is 1. The minimum Gasteiger partial charge on any atom is -0.409 e. The van der Waals surface area contributed by atoms with Gasteiger partial charge in [0.1, 0.15) is 5.84 Å². The molecule has 4 N–H and O–H groups in total. The molecular formula is C10H23N3O. The second-order valence-electron chi connectivity index (χ2n) is 3.51. The fraction of sp³-hybridized carbons (Fsp3) is 0.900. The van der Waals surface area contributed by atoms with E-state index in [4.69, 9.17) is 10.9 Å². The van der Waals surface area contributed by atoms with Crippen LogP contribution in [0.4, 0.5) is 0 Å². The van der Waals surface area contributed by atoms with E-state index in [1.165, 1.54) is 19.3 Å². The van der Waals surface area contributed by atoms with Crippen LogP contribution in [0.15, 0.2) is 5.16 Å². The zero-order chi connectivity index (χ0) is 10.6. The Labute approximate surface area is 86.6 Å². The molecule has 0 aromatic heterocycles. The summed E-state index contributed by atoms with van der Waals surface area (Å²) < 4.78 is 0. The third-order valence-electron chi connectivity index (χ3n) is 2.12. The minimum absolute atomic E-state index is 0.330. The maximum absolute atomic E-state index is 8.28. The molecule has 0 amide bonds. The van der Waals surface area contributed by atoms with Gasteiger partial charge in [0, 0.05) is 6.42 Å². The first kappa shape index (κ1) is 13.2. The van der Waals surface area contributed by atoms with E-state index in [0.717, 1.165) is 25.9 Å². The van der Waals surface area contributed by atoms with Gasteiger partial charge < -0.3 is 16.3 Å². The van der Waals surface area contributed by atoms with Crippen LogP contribution < -0.4 is 11.1 Å². The second-order valence-corrected chi connectivity index (χ2v) is 3.51. The molecule has 0 atom stereocenters. The Kier molecular flexibility index (Phi) is 9.74. The highest BCUT2D eigenvalue weighted by Crippen LogP contribution is 1.95. The number of unbranched alkanes of at least 4 members (excludes halogenated alkanes) is 3. The quantitative estimate of drug-likeness (QED) is 0.175. The van der Waals surface area contributed by atoms with Crippen LogP contribution in [0, 0.1) is 0 Å². The van der Waals surface area contributed by atoms with Crippen molar-refractivity contribution < 1.29 is 5.21 Å². The fourth-order valence-corrected chi connectivity index (χ4v) is 1.23. The predicted octanol–water partition coefficient (Wildman–Crippen LogP) is 1.68. The molecule has 4 heteroatoms. The molecule has 0 heterocycles. The monoisotopic (exact) mass is 201 g/mol. The van der Waals surface area contributed by atoms with Crippen molar-refractivity contribution in [1.29, 1.82) is 0 Å². The molecule has 0 fully saturated rings. The average molecular weight is 201 g/mol. The molecule has 0 aliphatic heterocycles. The lowest BCUT2D eigenvalue weighted by Crippen LogP contribution is -2.17. The maximum Gasteiger partial charge on any atom is 0.139 e. The molecule has 0 aromatic rings. The number of rotatable bonds is 9. The first-order valence-corrected chi connectivity index (χ1v) is 5.48.